The Hall–Kier alpha value is -2.10. The summed E-state index contributed by atoms with van der Waals surface area (Å²) in [6.45, 7) is 3.87. The van der Waals surface area contributed by atoms with Crippen LogP contribution in [0.4, 0.5) is 0 Å². The van der Waals surface area contributed by atoms with Gasteiger partial charge in [0.2, 0.25) is 0 Å². The first-order chi connectivity index (χ1) is 10.1. The molecule has 3 rings (SSSR count). The fraction of sp³-hybridized carbons (Fsp3) is 0.412. The molecule has 0 radical (unpaired) electrons. The minimum absolute atomic E-state index is 0.176. The van der Waals surface area contributed by atoms with E-state index in [-0.39, 0.29) is 17.6 Å². The third-order valence-electron chi connectivity index (χ3n) is 4.40. The lowest BCUT2D eigenvalue weighted by molar-refractivity contribution is -0.132. The second-order valence-corrected chi connectivity index (χ2v) is 5.59. The molecule has 0 spiro atoms. The molecule has 4 heteroatoms. The van der Waals surface area contributed by atoms with Crippen molar-refractivity contribution in [3.63, 3.8) is 0 Å². The van der Waals surface area contributed by atoms with Crippen LogP contribution >= 0.6 is 0 Å². The molecule has 2 atom stereocenters. The molecule has 2 aliphatic rings. The first kappa shape index (κ1) is 13.9. The van der Waals surface area contributed by atoms with Gasteiger partial charge in [-0.3, -0.25) is 4.79 Å². The van der Waals surface area contributed by atoms with Crippen molar-refractivity contribution in [2.45, 2.75) is 31.6 Å². The van der Waals surface area contributed by atoms with Crippen LogP contribution in [0.1, 0.15) is 37.2 Å². The van der Waals surface area contributed by atoms with Crippen LogP contribution in [0.2, 0.25) is 0 Å². The van der Waals surface area contributed by atoms with E-state index in [4.69, 9.17) is 9.47 Å². The second-order valence-electron chi connectivity index (χ2n) is 5.59. The van der Waals surface area contributed by atoms with E-state index in [1.54, 1.807) is 6.07 Å². The summed E-state index contributed by atoms with van der Waals surface area (Å²) in [7, 11) is 1.54. The number of benzene rings is 1. The van der Waals surface area contributed by atoms with Crippen LogP contribution in [0.25, 0.3) is 0 Å². The minimum atomic E-state index is -0.463. The van der Waals surface area contributed by atoms with E-state index in [1.807, 2.05) is 12.1 Å². The van der Waals surface area contributed by atoms with Crippen molar-refractivity contribution in [1.29, 1.82) is 0 Å². The molecule has 1 heterocycles. The number of fused-ring (bicyclic) bond motifs is 1. The molecule has 0 amide bonds. The van der Waals surface area contributed by atoms with Crippen molar-refractivity contribution in [3.05, 3.63) is 35.9 Å². The number of Topliss-reactive ketones (excluding diaryl/α,β-unsaturated/α-hetero) is 1. The first-order valence-electron chi connectivity index (χ1n) is 7.24. The number of para-hydroxylation sites is 1. The quantitative estimate of drug-likeness (QED) is 0.476. The molecule has 1 saturated carbocycles. The smallest absolute Gasteiger partial charge is 0.339 e. The average molecular weight is 286 g/mol. The molecule has 0 bridgehead atoms. The standard InChI is InChI=1S/C17H18O4/c1-10-15(11-6-3-4-8-13(11)18)12-7-5-9-14(20-2)16(12)21-17(10)19/h5,7,9,11,15H,1,3-4,6,8H2,2H3/t11-,15-/m1/s1. The molecule has 0 N–H and O–H groups in total. The third-order valence-corrected chi connectivity index (χ3v) is 4.40. The fourth-order valence-electron chi connectivity index (χ4n) is 3.34. The lowest BCUT2D eigenvalue weighted by Gasteiger charge is -2.34. The van der Waals surface area contributed by atoms with E-state index >= 15 is 0 Å². The Balaban J connectivity index is 2.10. The summed E-state index contributed by atoms with van der Waals surface area (Å²) in [5, 5.41) is 0. The zero-order valence-electron chi connectivity index (χ0n) is 12.1. The van der Waals surface area contributed by atoms with Crippen LogP contribution in [-0.4, -0.2) is 18.9 Å². The van der Waals surface area contributed by atoms with Gasteiger partial charge in [0.15, 0.2) is 11.5 Å². The topological polar surface area (TPSA) is 52.6 Å². The van der Waals surface area contributed by atoms with Crippen LogP contribution in [0.5, 0.6) is 11.5 Å². The number of methoxy groups -OCH3 is 1. The minimum Gasteiger partial charge on any atom is -0.493 e. The molecule has 1 fully saturated rings. The maximum atomic E-state index is 12.3. The molecule has 21 heavy (non-hydrogen) atoms. The molecule has 1 aromatic rings. The number of esters is 1. The van der Waals surface area contributed by atoms with Gasteiger partial charge in [-0.05, 0) is 18.9 Å². The van der Waals surface area contributed by atoms with Gasteiger partial charge in [0.25, 0.3) is 0 Å². The predicted octanol–water partition coefficient (Wildman–Crippen LogP) is 3.01. The number of carbonyl (C=O) groups is 2. The Morgan fingerprint density at radius 1 is 1.29 bits per heavy atom. The molecule has 1 aliphatic carbocycles. The highest BCUT2D eigenvalue weighted by molar-refractivity contribution is 5.96. The molecule has 0 saturated heterocycles. The van der Waals surface area contributed by atoms with E-state index < -0.39 is 5.97 Å². The van der Waals surface area contributed by atoms with Crippen LogP contribution in [0, 0.1) is 5.92 Å². The predicted molar refractivity (Wildman–Crippen MR) is 77.5 cm³/mol. The summed E-state index contributed by atoms with van der Waals surface area (Å²) < 4.78 is 10.6. The second kappa shape index (κ2) is 5.35. The Labute approximate surface area is 123 Å². The monoisotopic (exact) mass is 286 g/mol. The summed E-state index contributed by atoms with van der Waals surface area (Å²) in [6, 6.07) is 5.49. The molecule has 110 valence electrons. The summed E-state index contributed by atoms with van der Waals surface area (Å²) in [4.78, 5) is 24.4. The van der Waals surface area contributed by atoms with Gasteiger partial charge in [-0.15, -0.1) is 0 Å². The first-order valence-corrected chi connectivity index (χ1v) is 7.24. The molecule has 1 aromatic carbocycles. The number of rotatable bonds is 2. The van der Waals surface area contributed by atoms with Crippen LogP contribution < -0.4 is 9.47 Å². The van der Waals surface area contributed by atoms with Crippen molar-refractivity contribution >= 4 is 11.8 Å². The maximum Gasteiger partial charge on any atom is 0.339 e. The van der Waals surface area contributed by atoms with Crippen molar-refractivity contribution in [2.24, 2.45) is 5.92 Å². The van der Waals surface area contributed by atoms with E-state index in [9.17, 15) is 9.59 Å². The zero-order valence-corrected chi connectivity index (χ0v) is 12.1. The zero-order chi connectivity index (χ0) is 15.0. The highest BCUT2D eigenvalue weighted by atomic mass is 16.6. The van der Waals surface area contributed by atoms with Crippen molar-refractivity contribution < 1.29 is 19.1 Å². The third kappa shape index (κ3) is 2.24. The van der Waals surface area contributed by atoms with Gasteiger partial charge in [-0.2, -0.15) is 0 Å². The highest BCUT2D eigenvalue weighted by Gasteiger charge is 2.41. The molecule has 1 aliphatic heterocycles. The van der Waals surface area contributed by atoms with Gasteiger partial charge in [0.1, 0.15) is 5.78 Å². The Kier molecular flexibility index (Phi) is 3.53. The lowest BCUT2D eigenvalue weighted by atomic mass is 9.72. The van der Waals surface area contributed by atoms with Gasteiger partial charge in [0.05, 0.1) is 7.11 Å². The van der Waals surface area contributed by atoms with Gasteiger partial charge < -0.3 is 9.47 Å². The number of hydrogen-bond donors (Lipinski definition) is 0. The molecular weight excluding hydrogens is 268 g/mol. The normalized spacial score (nSPS) is 25.3. The van der Waals surface area contributed by atoms with E-state index in [1.165, 1.54) is 7.11 Å². The van der Waals surface area contributed by atoms with Crippen molar-refractivity contribution in [3.8, 4) is 11.5 Å². The SMILES string of the molecule is C=C1C(=O)Oc2c(OC)cccc2[C@H]1[C@@H]1CCCCC1=O. The van der Waals surface area contributed by atoms with Crippen molar-refractivity contribution in [1.82, 2.24) is 0 Å². The summed E-state index contributed by atoms with van der Waals surface area (Å²) in [6.07, 6.45) is 3.33. The highest BCUT2D eigenvalue weighted by Crippen LogP contribution is 2.48. The van der Waals surface area contributed by atoms with E-state index in [0.717, 1.165) is 24.8 Å². The largest absolute Gasteiger partial charge is 0.493 e. The average Bonchev–Trinajstić information content (AvgIpc) is 2.49. The van der Waals surface area contributed by atoms with Crippen LogP contribution in [-0.2, 0) is 9.59 Å². The Morgan fingerprint density at radius 2 is 2.10 bits per heavy atom. The van der Waals surface area contributed by atoms with Crippen LogP contribution in [0.15, 0.2) is 30.4 Å². The molecular formula is C17H18O4. The summed E-state index contributed by atoms with van der Waals surface area (Å²) in [5.74, 6) is 0.239. The summed E-state index contributed by atoms with van der Waals surface area (Å²) in [5.41, 5.74) is 1.20. The van der Waals surface area contributed by atoms with Crippen molar-refractivity contribution in [2.75, 3.05) is 7.11 Å². The van der Waals surface area contributed by atoms with Gasteiger partial charge in [-0.1, -0.05) is 25.1 Å². The lowest BCUT2D eigenvalue weighted by Crippen LogP contribution is -2.33. The number of ether oxygens (including phenoxy) is 2. The fourth-order valence-corrected chi connectivity index (χ4v) is 3.34. The van der Waals surface area contributed by atoms with E-state index in [2.05, 4.69) is 6.58 Å². The summed E-state index contributed by atoms with van der Waals surface area (Å²) >= 11 is 0. The Bertz CT molecular complexity index is 617. The molecule has 0 unspecified atom stereocenters. The van der Waals surface area contributed by atoms with E-state index in [0.29, 0.717) is 23.5 Å². The maximum absolute atomic E-state index is 12.3. The number of ketones is 1. The van der Waals surface area contributed by atoms with Crippen LogP contribution in [0.3, 0.4) is 0 Å². The van der Waals surface area contributed by atoms with Gasteiger partial charge in [-0.25, -0.2) is 4.79 Å². The number of carbonyl (C=O) groups excluding carboxylic acids is 2. The Morgan fingerprint density at radius 3 is 2.81 bits per heavy atom. The molecule has 0 aromatic heterocycles. The van der Waals surface area contributed by atoms with Gasteiger partial charge >= 0.3 is 5.97 Å². The van der Waals surface area contributed by atoms with Gasteiger partial charge in [0, 0.05) is 29.4 Å². The molecule has 4 nitrogen and oxygen atoms in total. The number of hydrogen-bond acceptors (Lipinski definition) is 4.